The Balaban J connectivity index is 1.72. The van der Waals surface area contributed by atoms with Crippen LogP contribution in [-0.4, -0.2) is 17.5 Å². The maximum absolute atomic E-state index is 12.3. The normalized spacial score (nSPS) is 16.9. The number of nitrogens with two attached hydrogens (primary N) is 1. The molecule has 2 aromatic rings. The van der Waals surface area contributed by atoms with E-state index in [0.717, 1.165) is 11.3 Å². The van der Waals surface area contributed by atoms with Crippen molar-refractivity contribution >= 4 is 17.3 Å². The maximum atomic E-state index is 12.3. The number of carbonyl (C=O) groups excluding carboxylic acids is 1. The number of hydrogen-bond donors (Lipinski definition) is 2. The number of aromatic nitrogens is 1. The molecule has 1 aliphatic heterocycles. The van der Waals surface area contributed by atoms with Gasteiger partial charge in [0.2, 0.25) is 5.91 Å². The van der Waals surface area contributed by atoms with Gasteiger partial charge in [-0.1, -0.05) is 18.2 Å². The fraction of sp³-hybridized carbons (Fsp3) is 0.200. The highest BCUT2D eigenvalue weighted by Crippen LogP contribution is 2.27. The van der Waals surface area contributed by atoms with E-state index in [2.05, 4.69) is 10.3 Å². The van der Waals surface area contributed by atoms with Crippen LogP contribution in [0.3, 0.4) is 0 Å². The molecule has 1 amide bonds. The second kappa shape index (κ2) is 5.21. The molecule has 1 aromatic heterocycles. The highest BCUT2D eigenvalue weighted by atomic mass is 16.5. The molecule has 1 aliphatic rings. The Morgan fingerprint density at radius 3 is 3.05 bits per heavy atom. The third kappa shape index (κ3) is 2.42. The molecule has 5 heteroatoms. The average Bonchev–Trinajstić information content (AvgIpc) is 2.49. The largest absolute Gasteiger partial charge is 0.492 e. The summed E-state index contributed by atoms with van der Waals surface area (Å²) in [5.41, 5.74) is 7.87. The topological polar surface area (TPSA) is 77.2 Å². The molecule has 0 spiro atoms. The fourth-order valence-corrected chi connectivity index (χ4v) is 2.25. The zero-order valence-corrected chi connectivity index (χ0v) is 10.9. The van der Waals surface area contributed by atoms with Crippen LogP contribution in [0.4, 0.5) is 11.4 Å². The van der Waals surface area contributed by atoms with Crippen LogP contribution in [0, 0.1) is 5.92 Å². The molecule has 2 heterocycles. The minimum atomic E-state index is -0.211. The van der Waals surface area contributed by atoms with Crippen molar-refractivity contribution in [2.24, 2.45) is 5.92 Å². The molecule has 0 aliphatic carbocycles. The minimum Gasteiger partial charge on any atom is -0.492 e. The predicted octanol–water partition coefficient (Wildman–Crippen LogP) is 1.85. The van der Waals surface area contributed by atoms with E-state index in [-0.39, 0.29) is 11.8 Å². The summed E-state index contributed by atoms with van der Waals surface area (Å²) in [7, 11) is 0. The third-order valence-electron chi connectivity index (χ3n) is 3.36. The number of ether oxygens (including phenoxy) is 1. The van der Waals surface area contributed by atoms with Gasteiger partial charge in [0, 0.05) is 6.20 Å². The first-order chi connectivity index (χ1) is 9.74. The van der Waals surface area contributed by atoms with E-state index in [9.17, 15) is 4.79 Å². The Kier molecular flexibility index (Phi) is 3.25. The lowest BCUT2D eigenvalue weighted by Crippen LogP contribution is -2.32. The van der Waals surface area contributed by atoms with Crippen molar-refractivity contribution in [1.82, 2.24) is 4.98 Å². The summed E-state index contributed by atoms with van der Waals surface area (Å²) in [6.07, 6.45) is 3.79. The van der Waals surface area contributed by atoms with Gasteiger partial charge in [-0.25, -0.2) is 0 Å². The Morgan fingerprint density at radius 2 is 2.20 bits per heavy atom. The van der Waals surface area contributed by atoms with Gasteiger partial charge in [0.15, 0.2) is 0 Å². The lowest BCUT2D eigenvalue weighted by atomic mass is 9.96. The molecule has 0 radical (unpaired) electrons. The summed E-state index contributed by atoms with van der Waals surface area (Å²) in [6.45, 7) is 0.383. The Morgan fingerprint density at radius 1 is 1.35 bits per heavy atom. The SMILES string of the molecule is Nc1cnccc1NC(=O)C1COc2ccccc2C1. The molecule has 20 heavy (non-hydrogen) atoms. The van der Waals surface area contributed by atoms with Crippen LogP contribution < -0.4 is 15.8 Å². The van der Waals surface area contributed by atoms with E-state index in [1.54, 1.807) is 12.3 Å². The maximum Gasteiger partial charge on any atom is 0.231 e. The lowest BCUT2D eigenvalue weighted by molar-refractivity contribution is -0.121. The van der Waals surface area contributed by atoms with Crippen LogP contribution >= 0.6 is 0 Å². The summed E-state index contributed by atoms with van der Waals surface area (Å²) < 4.78 is 5.62. The number of nitrogens with zero attached hydrogens (tertiary/aromatic N) is 1. The van der Waals surface area contributed by atoms with Crippen LogP contribution in [0.1, 0.15) is 5.56 Å². The number of anilines is 2. The highest BCUT2D eigenvalue weighted by Gasteiger charge is 2.26. The third-order valence-corrected chi connectivity index (χ3v) is 3.36. The number of carbonyl (C=O) groups is 1. The average molecular weight is 269 g/mol. The van der Waals surface area contributed by atoms with Gasteiger partial charge in [0.25, 0.3) is 0 Å². The summed E-state index contributed by atoms with van der Waals surface area (Å²) in [6, 6.07) is 9.46. The Labute approximate surface area is 116 Å². The van der Waals surface area contributed by atoms with Crippen LogP contribution in [0.15, 0.2) is 42.7 Å². The second-order valence-corrected chi connectivity index (χ2v) is 4.77. The van der Waals surface area contributed by atoms with Gasteiger partial charge in [0.1, 0.15) is 12.4 Å². The minimum absolute atomic E-state index is 0.0857. The molecule has 0 fully saturated rings. The number of rotatable bonds is 2. The van der Waals surface area contributed by atoms with Crippen LogP contribution in [-0.2, 0) is 11.2 Å². The van der Waals surface area contributed by atoms with Crippen LogP contribution in [0.2, 0.25) is 0 Å². The molecule has 1 aromatic carbocycles. The van der Waals surface area contributed by atoms with E-state index >= 15 is 0 Å². The van der Waals surface area contributed by atoms with E-state index < -0.39 is 0 Å². The summed E-state index contributed by atoms with van der Waals surface area (Å²) in [5, 5.41) is 2.83. The van der Waals surface area contributed by atoms with Crippen molar-refractivity contribution < 1.29 is 9.53 Å². The first-order valence-corrected chi connectivity index (χ1v) is 6.45. The van der Waals surface area contributed by atoms with E-state index in [1.807, 2.05) is 24.3 Å². The van der Waals surface area contributed by atoms with Gasteiger partial charge in [-0.05, 0) is 24.1 Å². The van der Waals surface area contributed by atoms with E-state index in [1.165, 1.54) is 6.20 Å². The predicted molar refractivity (Wildman–Crippen MR) is 76.4 cm³/mol. The zero-order chi connectivity index (χ0) is 13.9. The number of fused-ring (bicyclic) bond motifs is 1. The summed E-state index contributed by atoms with van der Waals surface area (Å²) >= 11 is 0. The number of para-hydroxylation sites is 1. The molecule has 1 atom stereocenters. The quantitative estimate of drug-likeness (QED) is 0.872. The number of amides is 1. The van der Waals surface area contributed by atoms with Gasteiger partial charge >= 0.3 is 0 Å². The van der Waals surface area contributed by atoms with Crippen molar-refractivity contribution in [3.63, 3.8) is 0 Å². The molecule has 3 rings (SSSR count). The number of hydrogen-bond acceptors (Lipinski definition) is 4. The van der Waals surface area contributed by atoms with Crippen molar-refractivity contribution in [3.8, 4) is 5.75 Å². The first-order valence-electron chi connectivity index (χ1n) is 6.45. The molecule has 3 N–H and O–H groups in total. The van der Waals surface area contributed by atoms with Crippen LogP contribution in [0.25, 0.3) is 0 Å². The molecular formula is C15H15N3O2. The van der Waals surface area contributed by atoms with Crippen molar-refractivity contribution in [1.29, 1.82) is 0 Å². The number of benzene rings is 1. The second-order valence-electron chi connectivity index (χ2n) is 4.77. The van der Waals surface area contributed by atoms with Crippen LogP contribution in [0.5, 0.6) is 5.75 Å². The molecule has 5 nitrogen and oxygen atoms in total. The van der Waals surface area contributed by atoms with Crippen molar-refractivity contribution in [3.05, 3.63) is 48.3 Å². The van der Waals surface area contributed by atoms with Crippen molar-refractivity contribution in [2.75, 3.05) is 17.7 Å². The molecule has 0 bridgehead atoms. The number of pyridine rings is 1. The molecule has 0 saturated heterocycles. The fourth-order valence-electron chi connectivity index (χ4n) is 2.25. The standard InChI is InChI=1S/C15H15N3O2/c16-12-8-17-6-5-13(12)18-15(19)11-7-10-3-1-2-4-14(10)20-9-11/h1-6,8,11H,7,9,16H2,(H,17,18,19). The number of nitrogens with one attached hydrogen (secondary N) is 1. The molecule has 102 valence electrons. The Hall–Kier alpha value is -2.56. The molecular weight excluding hydrogens is 254 g/mol. The first kappa shape index (κ1) is 12.5. The Bertz CT molecular complexity index is 643. The lowest BCUT2D eigenvalue weighted by Gasteiger charge is -2.24. The van der Waals surface area contributed by atoms with Crippen molar-refractivity contribution in [2.45, 2.75) is 6.42 Å². The summed E-state index contributed by atoms with van der Waals surface area (Å²) in [4.78, 5) is 16.2. The summed E-state index contributed by atoms with van der Waals surface area (Å²) in [5.74, 6) is 0.565. The smallest absolute Gasteiger partial charge is 0.231 e. The van der Waals surface area contributed by atoms with Gasteiger partial charge in [0.05, 0.1) is 23.5 Å². The van der Waals surface area contributed by atoms with Gasteiger partial charge < -0.3 is 15.8 Å². The highest BCUT2D eigenvalue weighted by molar-refractivity contribution is 5.95. The molecule has 1 unspecified atom stereocenters. The van der Waals surface area contributed by atoms with E-state index in [0.29, 0.717) is 24.4 Å². The van der Waals surface area contributed by atoms with Gasteiger partial charge in [-0.3, -0.25) is 9.78 Å². The van der Waals surface area contributed by atoms with Gasteiger partial charge in [-0.15, -0.1) is 0 Å². The van der Waals surface area contributed by atoms with Gasteiger partial charge in [-0.2, -0.15) is 0 Å². The zero-order valence-electron chi connectivity index (χ0n) is 10.9. The number of nitrogen functional groups attached to an aromatic ring is 1. The van der Waals surface area contributed by atoms with E-state index in [4.69, 9.17) is 10.5 Å². The molecule has 0 saturated carbocycles. The monoisotopic (exact) mass is 269 g/mol.